The monoisotopic (exact) mass is 308 g/mol. The van der Waals surface area contributed by atoms with E-state index in [1.807, 2.05) is 13.8 Å². The van der Waals surface area contributed by atoms with Crippen LogP contribution >= 0.6 is 0 Å². The van der Waals surface area contributed by atoms with Gasteiger partial charge in [-0.1, -0.05) is 38.1 Å². The van der Waals surface area contributed by atoms with Gasteiger partial charge < -0.3 is 4.74 Å². The van der Waals surface area contributed by atoms with Crippen LogP contribution in [0.2, 0.25) is 0 Å². The minimum Gasteiger partial charge on any atom is -0.495 e. The molecule has 0 saturated heterocycles. The normalized spacial score (nSPS) is 9.77. The number of hydrogen-bond donors (Lipinski definition) is 5. The Morgan fingerprint density at radius 3 is 2.23 bits per heavy atom. The van der Waals surface area contributed by atoms with Gasteiger partial charge >= 0.3 is 0 Å². The average molecular weight is 308 g/mol. The zero-order valence-corrected chi connectivity index (χ0v) is 12.8. The number of nitrogens with one attached hydrogen (secondary N) is 2. The van der Waals surface area contributed by atoms with Crippen LogP contribution in [0.15, 0.2) is 48.5 Å². The summed E-state index contributed by atoms with van der Waals surface area (Å²) < 4.78 is 5.16. The van der Waals surface area contributed by atoms with E-state index < -0.39 is 5.23 Å². The van der Waals surface area contributed by atoms with Crippen LogP contribution in [0.5, 0.6) is 5.75 Å². The number of hydrazine groups is 1. The van der Waals surface area contributed by atoms with E-state index in [4.69, 9.17) is 4.74 Å². The number of rotatable bonds is 5. The summed E-state index contributed by atoms with van der Waals surface area (Å²) >= 11 is 0. The number of ether oxygens (including phenoxy) is 1. The van der Waals surface area contributed by atoms with Crippen LogP contribution in [0.3, 0.4) is 0 Å². The summed E-state index contributed by atoms with van der Waals surface area (Å²) in [5.74, 6) is 0.543. The second-order valence-corrected chi connectivity index (χ2v) is 3.96. The summed E-state index contributed by atoms with van der Waals surface area (Å²) in [5.41, 5.74) is 3.52. The van der Waals surface area contributed by atoms with Crippen molar-refractivity contribution in [3.63, 3.8) is 0 Å². The molecule has 0 aliphatic carbocycles. The van der Waals surface area contributed by atoms with Gasteiger partial charge in [-0.25, -0.2) is 0 Å². The molecule has 0 aromatic heterocycles. The van der Waals surface area contributed by atoms with E-state index in [1.165, 1.54) is 19.2 Å². The Bertz CT molecular complexity index is 578. The van der Waals surface area contributed by atoms with Crippen LogP contribution in [0, 0.1) is 0 Å². The third-order valence-corrected chi connectivity index (χ3v) is 2.71. The summed E-state index contributed by atoms with van der Waals surface area (Å²) in [6.07, 6.45) is 0. The highest BCUT2D eigenvalue weighted by molar-refractivity contribution is 5.66. The lowest BCUT2D eigenvalue weighted by molar-refractivity contribution is -1.19. The molecule has 120 valence electrons. The van der Waals surface area contributed by atoms with Crippen LogP contribution in [0.4, 0.5) is 17.1 Å². The van der Waals surface area contributed by atoms with Crippen molar-refractivity contribution in [3.05, 3.63) is 48.5 Å². The van der Waals surface area contributed by atoms with Crippen LogP contribution in [-0.4, -0.2) is 22.7 Å². The number of nitrogens with zero attached hydrogens (tertiary/aromatic N) is 1. The number of benzene rings is 2. The average Bonchev–Trinajstić information content (AvgIpc) is 2.57. The largest absolute Gasteiger partial charge is 0.495 e. The molecule has 0 amide bonds. The van der Waals surface area contributed by atoms with E-state index in [-0.39, 0.29) is 11.4 Å². The van der Waals surface area contributed by atoms with Gasteiger partial charge in [0.15, 0.2) is 5.69 Å². The van der Waals surface area contributed by atoms with Gasteiger partial charge in [0.1, 0.15) is 5.75 Å². The molecule has 0 unspecified atom stereocenters. The molecular formula is C15H22N3O4+. The molecule has 0 aliphatic rings. The third-order valence-electron chi connectivity index (χ3n) is 2.71. The molecule has 0 saturated carbocycles. The molecule has 0 atom stereocenters. The zero-order chi connectivity index (χ0) is 16.5. The highest BCUT2D eigenvalue weighted by Gasteiger charge is 2.18. The topological polar surface area (TPSA) is 89.6 Å². The maximum atomic E-state index is 10.1. The first kappa shape index (κ1) is 17.7. The minimum atomic E-state index is -0.874. The first-order valence-electron chi connectivity index (χ1n) is 6.86. The minimum absolute atomic E-state index is 0.0948. The fourth-order valence-electron chi connectivity index (χ4n) is 1.76. The second-order valence-electron chi connectivity index (χ2n) is 3.96. The predicted molar refractivity (Wildman–Crippen MR) is 82.9 cm³/mol. The van der Waals surface area contributed by atoms with Crippen molar-refractivity contribution >= 4 is 17.1 Å². The Labute approximate surface area is 129 Å². The molecule has 5 N–H and O–H groups in total. The Kier molecular flexibility index (Phi) is 7.14. The highest BCUT2D eigenvalue weighted by atomic mass is 16.8. The van der Waals surface area contributed by atoms with Crippen LogP contribution in [0.1, 0.15) is 13.8 Å². The van der Waals surface area contributed by atoms with E-state index in [0.29, 0.717) is 16.6 Å². The second kappa shape index (κ2) is 8.85. The lowest BCUT2D eigenvalue weighted by Crippen LogP contribution is -3.02. The quantitative estimate of drug-likeness (QED) is 0.544. The van der Waals surface area contributed by atoms with Gasteiger partial charge in [-0.05, 0) is 23.4 Å². The van der Waals surface area contributed by atoms with E-state index in [2.05, 4.69) is 5.43 Å². The molecule has 0 fully saturated rings. The lowest BCUT2D eigenvalue weighted by atomic mass is 10.2. The number of methoxy groups -OCH3 is 1. The molecule has 7 nitrogen and oxygen atoms in total. The standard InChI is InChI=1S/C13H15N3O4.C2H6/c1-20-13-9-5-2-6-10(13)14-15(17)11-7-3-4-8-12(11)16(18)19;1-2/h2-9,14,17-19H,1H3;1-2H3/p+1. The maximum absolute atomic E-state index is 10.1. The summed E-state index contributed by atoms with van der Waals surface area (Å²) in [7, 11) is 1.52. The SMILES string of the molecule is CC.COc1ccccc1NN(O)c1ccccc1[NH+](O)O. The smallest absolute Gasteiger partial charge is 0.225 e. The van der Waals surface area contributed by atoms with Crippen LogP contribution in [0.25, 0.3) is 0 Å². The van der Waals surface area contributed by atoms with Gasteiger partial charge in [0, 0.05) is 6.07 Å². The summed E-state index contributed by atoms with van der Waals surface area (Å²) in [5, 5.41) is 28.3. The molecule has 7 heteroatoms. The molecule has 0 radical (unpaired) electrons. The Morgan fingerprint density at radius 2 is 1.59 bits per heavy atom. The Hall–Kier alpha value is -2.32. The Balaban J connectivity index is 0.00000116. The van der Waals surface area contributed by atoms with Crippen molar-refractivity contribution in [2.45, 2.75) is 13.8 Å². The highest BCUT2D eigenvalue weighted by Crippen LogP contribution is 2.26. The van der Waals surface area contributed by atoms with E-state index in [1.54, 1.807) is 36.4 Å². The van der Waals surface area contributed by atoms with Crippen molar-refractivity contribution in [1.82, 2.24) is 0 Å². The van der Waals surface area contributed by atoms with Gasteiger partial charge in [-0.3, -0.25) is 10.6 Å². The predicted octanol–water partition coefficient (Wildman–Crippen LogP) is 2.24. The third kappa shape index (κ3) is 4.34. The molecule has 22 heavy (non-hydrogen) atoms. The molecule has 2 aromatic rings. The van der Waals surface area contributed by atoms with E-state index >= 15 is 0 Å². The van der Waals surface area contributed by atoms with Gasteiger partial charge in [0.05, 0.1) is 12.8 Å². The van der Waals surface area contributed by atoms with Gasteiger partial charge in [-0.2, -0.15) is 15.6 Å². The van der Waals surface area contributed by atoms with Crippen molar-refractivity contribution in [2.24, 2.45) is 0 Å². The molecule has 2 aromatic carbocycles. The van der Waals surface area contributed by atoms with Gasteiger partial charge in [-0.15, -0.1) is 0 Å². The van der Waals surface area contributed by atoms with Gasteiger partial charge in [0.2, 0.25) is 5.69 Å². The summed E-state index contributed by atoms with van der Waals surface area (Å²) in [6.45, 7) is 4.00. The molecular weight excluding hydrogens is 286 g/mol. The maximum Gasteiger partial charge on any atom is 0.225 e. The Morgan fingerprint density at radius 1 is 1.00 bits per heavy atom. The fourth-order valence-corrected chi connectivity index (χ4v) is 1.76. The van der Waals surface area contributed by atoms with Crippen LogP contribution in [-0.2, 0) is 0 Å². The fraction of sp³-hybridized carbons (Fsp3) is 0.200. The lowest BCUT2D eigenvalue weighted by Gasteiger charge is -2.21. The zero-order valence-electron chi connectivity index (χ0n) is 12.8. The van der Waals surface area contributed by atoms with Crippen molar-refractivity contribution in [2.75, 3.05) is 17.7 Å². The van der Waals surface area contributed by atoms with Crippen LogP contribution < -0.4 is 20.6 Å². The summed E-state index contributed by atoms with van der Waals surface area (Å²) in [6, 6.07) is 13.3. The van der Waals surface area contributed by atoms with Gasteiger partial charge in [0.25, 0.3) is 0 Å². The van der Waals surface area contributed by atoms with Crippen molar-refractivity contribution in [1.29, 1.82) is 0 Å². The van der Waals surface area contributed by atoms with E-state index in [9.17, 15) is 15.6 Å². The first-order valence-corrected chi connectivity index (χ1v) is 6.86. The van der Waals surface area contributed by atoms with Crippen molar-refractivity contribution < 1.29 is 25.6 Å². The number of hydrogen-bond acceptors (Lipinski definition) is 6. The van der Waals surface area contributed by atoms with E-state index in [0.717, 1.165) is 0 Å². The van der Waals surface area contributed by atoms with Crippen molar-refractivity contribution in [3.8, 4) is 5.75 Å². The molecule has 0 bridgehead atoms. The summed E-state index contributed by atoms with van der Waals surface area (Å²) in [4.78, 5) is 0. The molecule has 0 heterocycles. The number of anilines is 2. The first-order chi connectivity index (χ1) is 10.6. The number of quaternary nitrogens is 1. The molecule has 0 aliphatic heterocycles. The molecule has 2 rings (SSSR count). The number of para-hydroxylation sites is 4. The molecule has 0 spiro atoms.